The molecule has 0 spiro atoms. The molecule has 0 atom stereocenters. The number of aromatic carboxylic acids is 1. The van der Waals surface area contributed by atoms with E-state index in [1.54, 1.807) is 0 Å². The molecule has 4 aromatic rings. The third kappa shape index (κ3) is 5.48. The van der Waals surface area contributed by atoms with Crippen LogP contribution < -0.4 is 14.5 Å². The van der Waals surface area contributed by atoms with Crippen molar-refractivity contribution in [2.24, 2.45) is 7.05 Å². The van der Waals surface area contributed by atoms with Crippen LogP contribution in [0.15, 0.2) is 48.5 Å². The third-order valence-electron chi connectivity index (χ3n) is 9.46. The van der Waals surface area contributed by atoms with E-state index in [2.05, 4.69) is 46.8 Å². The summed E-state index contributed by atoms with van der Waals surface area (Å²) in [5.41, 5.74) is 7.71. The normalized spacial score (nSPS) is 18.0. The number of carbonyl (C=O) groups is 2. The van der Waals surface area contributed by atoms with E-state index in [1.165, 1.54) is 41.9 Å². The molecule has 9 heteroatoms. The molecule has 1 N–H and O–H groups in total. The van der Waals surface area contributed by atoms with Crippen molar-refractivity contribution in [3.05, 3.63) is 64.5 Å². The van der Waals surface area contributed by atoms with Crippen molar-refractivity contribution in [2.75, 3.05) is 42.6 Å². The van der Waals surface area contributed by atoms with Gasteiger partial charge in [0.15, 0.2) is 0 Å². The van der Waals surface area contributed by atoms with Gasteiger partial charge in [0.1, 0.15) is 17.2 Å². The maximum atomic E-state index is 12.5. The van der Waals surface area contributed by atoms with Gasteiger partial charge in [0, 0.05) is 50.0 Å². The number of nitrogens with zero attached hydrogens (tertiary/aromatic N) is 3. The molecule has 1 aliphatic carbocycles. The zero-order chi connectivity index (χ0) is 30.2. The maximum absolute atomic E-state index is 12.5. The van der Waals surface area contributed by atoms with E-state index in [9.17, 15) is 14.7 Å². The first-order valence-corrected chi connectivity index (χ1v) is 16.6. The zero-order valence-corrected chi connectivity index (χ0v) is 26.0. The van der Waals surface area contributed by atoms with Gasteiger partial charge in [-0.15, -0.1) is 11.3 Å². The van der Waals surface area contributed by atoms with Crippen molar-refractivity contribution in [1.29, 1.82) is 0 Å². The first kappa shape index (κ1) is 28.9. The summed E-state index contributed by atoms with van der Waals surface area (Å²) in [5.74, 6) is 0.539. The second-order valence-corrected chi connectivity index (χ2v) is 13.2. The Kier molecular flexibility index (Phi) is 8.08. The molecule has 1 saturated carbocycles. The molecule has 1 amide bonds. The molecule has 3 aliphatic rings. The minimum atomic E-state index is -0.863. The third-order valence-corrected chi connectivity index (χ3v) is 10.6. The molecule has 8 nitrogen and oxygen atoms in total. The number of carboxylic acid groups (broad SMARTS) is 1. The van der Waals surface area contributed by atoms with Gasteiger partial charge >= 0.3 is 5.97 Å². The number of anilines is 2. The molecule has 0 bridgehead atoms. The Balaban J connectivity index is 1.17. The summed E-state index contributed by atoms with van der Waals surface area (Å²) in [6.45, 7) is 4.21. The minimum Gasteiger partial charge on any atom is -0.489 e. The van der Waals surface area contributed by atoms with Crippen LogP contribution >= 0.6 is 11.3 Å². The molecular formula is C35H39N3O5S. The standard InChI is InChI=1S/C35H39N3O5S/c1-36-29-21-30(35(40)41)44-34(29)32(23-6-3-2-4-7-23)33(36)24-9-12-27(13-10-24)43-22-25-20-26(38-15-5-8-31(38)39)11-14-28(25)37-16-18-42-19-17-37/h9-14,20-21,23H,2-8,15-19,22H2,1H3,(H,40,41). The second kappa shape index (κ2) is 12.3. The lowest BCUT2D eigenvalue weighted by Gasteiger charge is -2.31. The molecule has 2 aromatic heterocycles. The van der Waals surface area contributed by atoms with Crippen LogP contribution in [0.25, 0.3) is 21.5 Å². The van der Waals surface area contributed by atoms with Crippen LogP contribution in [0.4, 0.5) is 11.4 Å². The first-order chi connectivity index (χ1) is 21.5. The number of benzene rings is 2. The number of thiophene rings is 1. The monoisotopic (exact) mass is 613 g/mol. The van der Waals surface area contributed by atoms with Crippen molar-refractivity contribution in [2.45, 2.75) is 57.5 Å². The molecule has 2 saturated heterocycles. The predicted molar refractivity (Wildman–Crippen MR) is 174 cm³/mol. The number of rotatable bonds is 8. The number of amides is 1. The lowest BCUT2D eigenvalue weighted by Crippen LogP contribution is -2.37. The molecule has 230 valence electrons. The van der Waals surface area contributed by atoms with Gasteiger partial charge in [0.05, 0.1) is 29.1 Å². The fraction of sp³-hybridized carbons (Fsp3) is 0.429. The van der Waals surface area contributed by atoms with E-state index in [1.807, 2.05) is 23.1 Å². The van der Waals surface area contributed by atoms with Gasteiger partial charge in [-0.1, -0.05) is 19.3 Å². The summed E-state index contributed by atoms with van der Waals surface area (Å²) in [4.78, 5) is 28.9. The van der Waals surface area contributed by atoms with Gasteiger partial charge in [-0.3, -0.25) is 4.79 Å². The highest BCUT2D eigenvalue weighted by Crippen LogP contribution is 2.46. The smallest absolute Gasteiger partial charge is 0.345 e. The zero-order valence-electron chi connectivity index (χ0n) is 25.2. The number of fused-ring (bicyclic) bond motifs is 1. The number of aromatic nitrogens is 1. The van der Waals surface area contributed by atoms with Crippen molar-refractivity contribution >= 4 is 44.8 Å². The lowest BCUT2D eigenvalue weighted by atomic mass is 9.83. The number of hydrogen-bond acceptors (Lipinski definition) is 6. The molecular weight excluding hydrogens is 574 g/mol. The molecule has 44 heavy (non-hydrogen) atoms. The first-order valence-electron chi connectivity index (χ1n) is 15.8. The Bertz CT molecular complexity index is 1680. The van der Waals surface area contributed by atoms with Gasteiger partial charge in [-0.2, -0.15) is 0 Å². The van der Waals surface area contributed by atoms with Crippen LogP contribution in [0.5, 0.6) is 5.75 Å². The second-order valence-electron chi connectivity index (χ2n) is 12.2. The van der Waals surface area contributed by atoms with Crippen LogP contribution in [0.2, 0.25) is 0 Å². The Morgan fingerprint density at radius 2 is 1.77 bits per heavy atom. The van der Waals surface area contributed by atoms with E-state index in [0.29, 0.717) is 37.0 Å². The number of aryl methyl sites for hydroxylation is 1. The molecule has 2 aromatic carbocycles. The number of carboxylic acids is 1. The number of ether oxygens (including phenoxy) is 2. The van der Waals surface area contributed by atoms with Crippen molar-refractivity contribution in [3.63, 3.8) is 0 Å². The highest BCUT2D eigenvalue weighted by molar-refractivity contribution is 7.21. The molecule has 7 rings (SSSR count). The Morgan fingerprint density at radius 1 is 1.00 bits per heavy atom. The van der Waals surface area contributed by atoms with Crippen LogP contribution in [-0.2, 0) is 23.2 Å². The van der Waals surface area contributed by atoms with E-state index in [4.69, 9.17) is 9.47 Å². The van der Waals surface area contributed by atoms with Crippen molar-refractivity contribution in [1.82, 2.24) is 4.57 Å². The van der Waals surface area contributed by atoms with Gasteiger partial charge < -0.3 is 28.9 Å². The van der Waals surface area contributed by atoms with E-state index >= 15 is 0 Å². The lowest BCUT2D eigenvalue weighted by molar-refractivity contribution is -0.117. The molecule has 0 radical (unpaired) electrons. The van der Waals surface area contributed by atoms with Crippen molar-refractivity contribution < 1.29 is 24.2 Å². The summed E-state index contributed by atoms with van der Waals surface area (Å²) < 4.78 is 15.3. The average Bonchev–Trinajstić information content (AvgIpc) is 3.76. The van der Waals surface area contributed by atoms with Gasteiger partial charge in [-0.25, -0.2) is 4.79 Å². The number of morpholine rings is 1. The number of carbonyl (C=O) groups excluding carboxylic acids is 1. The topological polar surface area (TPSA) is 84.2 Å². The van der Waals surface area contributed by atoms with Crippen LogP contribution in [0, 0.1) is 0 Å². The quantitative estimate of drug-likeness (QED) is 0.226. The minimum absolute atomic E-state index is 0.180. The van der Waals surface area contributed by atoms with E-state index < -0.39 is 5.97 Å². The summed E-state index contributed by atoms with van der Waals surface area (Å²) in [5, 5.41) is 9.68. The Hall–Kier alpha value is -3.82. The van der Waals surface area contributed by atoms with E-state index in [0.717, 1.165) is 77.4 Å². The summed E-state index contributed by atoms with van der Waals surface area (Å²) >= 11 is 1.41. The fourth-order valence-corrected chi connectivity index (χ4v) is 8.37. The fourth-order valence-electron chi connectivity index (χ4n) is 7.22. The van der Waals surface area contributed by atoms with Gasteiger partial charge in [0.2, 0.25) is 5.91 Å². The number of hydrogen-bond donors (Lipinski definition) is 1. The van der Waals surface area contributed by atoms with E-state index in [-0.39, 0.29) is 5.91 Å². The highest BCUT2D eigenvalue weighted by Gasteiger charge is 2.28. The van der Waals surface area contributed by atoms with Crippen molar-refractivity contribution in [3.8, 4) is 17.0 Å². The molecule has 3 fully saturated rings. The molecule has 4 heterocycles. The van der Waals surface area contributed by atoms with Crippen LogP contribution in [0.1, 0.15) is 71.7 Å². The summed E-state index contributed by atoms with van der Waals surface area (Å²) in [6.07, 6.45) is 7.47. The van der Waals surface area contributed by atoms with Gasteiger partial charge in [0.25, 0.3) is 0 Å². The van der Waals surface area contributed by atoms with Crippen LogP contribution in [0.3, 0.4) is 0 Å². The Morgan fingerprint density at radius 3 is 2.48 bits per heavy atom. The molecule has 0 unspecified atom stereocenters. The van der Waals surface area contributed by atoms with Gasteiger partial charge in [-0.05, 0) is 84.8 Å². The summed E-state index contributed by atoms with van der Waals surface area (Å²) in [6, 6.07) is 16.4. The maximum Gasteiger partial charge on any atom is 0.345 e. The predicted octanol–water partition coefficient (Wildman–Crippen LogP) is 7.20. The highest BCUT2D eigenvalue weighted by atomic mass is 32.1. The Labute approximate surface area is 261 Å². The SMILES string of the molecule is Cn1c(-c2ccc(OCc3cc(N4CCCC4=O)ccc3N3CCOCC3)cc2)c(C2CCCCC2)c2sc(C(=O)O)cc21. The largest absolute Gasteiger partial charge is 0.489 e. The average molecular weight is 614 g/mol. The summed E-state index contributed by atoms with van der Waals surface area (Å²) in [7, 11) is 2.05. The molecule has 2 aliphatic heterocycles. The van der Waals surface area contributed by atoms with Crippen LogP contribution in [-0.4, -0.2) is 54.4 Å².